The highest BCUT2D eigenvalue weighted by molar-refractivity contribution is 5.93. The van der Waals surface area contributed by atoms with Gasteiger partial charge in [-0.25, -0.2) is 0 Å². The Morgan fingerprint density at radius 2 is 1.48 bits per heavy atom. The average molecular weight is 391 g/mol. The SMILES string of the molecule is CCOCCOc1ccccc1NC(=O)COc1ccc(-c2ccccc2)cc1. The van der Waals surface area contributed by atoms with Crippen molar-refractivity contribution in [3.63, 3.8) is 0 Å². The smallest absolute Gasteiger partial charge is 0.262 e. The zero-order valence-electron chi connectivity index (χ0n) is 16.5. The van der Waals surface area contributed by atoms with Gasteiger partial charge in [0.2, 0.25) is 0 Å². The van der Waals surface area contributed by atoms with Crippen LogP contribution >= 0.6 is 0 Å². The summed E-state index contributed by atoms with van der Waals surface area (Å²) in [7, 11) is 0. The first-order valence-electron chi connectivity index (χ1n) is 9.64. The van der Waals surface area contributed by atoms with Gasteiger partial charge in [0.1, 0.15) is 18.1 Å². The minimum absolute atomic E-state index is 0.0854. The number of anilines is 1. The summed E-state index contributed by atoms with van der Waals surface area (Å²) in [6, 6.07) is 25.1. The molecule has 29 heavy (non-hydrogen) atoms. The molecular formula is C24H25NO4. The summed E-state index contributed by atoms with van der Waals surface area (Å²) >= 11 is 0. The molecule has 0 fully saturated rings. The number of ether oxygens (including phenoxy) is 3. The minimum atomic E-state index is -0.252. The first-order valence-corrected chi connectivity index (χ1v) is 9.64. The number of carbonyl (C=O) groups excluding carboxylic acids is 1. The molecule has 1 N–H and O–H groups in total. The maximum atomic E-state index is 12.3. The Morgan fingerprint density at radius 1 is 0.793 bits per heavy atom. The van der Waals surface area contributed by atoms with E-state index in [1.54, 1.807) is 6.07 Å². The van der Waals surface area contributed by atoms with E-state index < -0.39 is 0 Å². The quantitative estimate of drug-likeness (QED) is 0.505. The molecule has 3 rings (SSSR count). The fourth-order valence-corrected chi connectivity index (χ4v) is 2.76. The lowest BCUT2D eigenvalue weighted by atomic mass is 10.1. The maximum Gasteiger partial charge on any atom is 0.262 e. The fourth-order valence-electron chi connectivity index (χ4n) is 2.76. The average Bonchev–Trinajstić information content (AvgIpc) is 2.77. The number of benzene rings is 3. The minimum Gasteiger partial charge on any atom is -0.489 e. The maximum absolute atomic E-state index is 12.3. The van der Waals surface area contributed by atoms with E-state index in [1.165, 1.54) is 0 Å². The molecule has 3 aromatic rings. The molecule has 0 unspecified atom stereocenters. The van der Waals surface area contributed by atoms with Gasteiger partial charge < -0.3 is 19.5 Å². The highest BCUT2D eigenvalue weighted by atomic mass is 16.5. The number of rotatable bonds is 10. The van der Waals surface area contributed by atoms with Crippen LogP contribution in [0.4, 0.5) is 5.69 Å². The van der Waals surface area contributed by atoms with Crippen molar-refractivity contribution in [2.24, 2.45) is 0 Å². The lowest BCUT2D eigenvalue weighted by Gasteiger charge is -2.13. The molecule has 0 spiro atoms. The highest BCUT2D eigenvalue weighted by Crippen LogP contribution is 2.24. The Morgan fingerprint density at radius 3 is 2.24 bits per heavy atom. The third-order valence-corrected chi connectivity index (χ3v) is 4.18. The molecule has 0 radical (unpaired) electrons. The first-order chi connectivity index (χ1) is 14.3. The third kappa shape index (κ3) is 6.36. The van der Waals surface area contributed by atoms with Gasteiger partial charge in [0, 0.05) is 6.61 Å². The van der Waals surface area contributed by atoms with Crippen molar-refractivity contribution >= 4 is 11.6 Å². The van der Waals surface area contributed by atoms with Gasteiger partial charge in [0.25, 0.3) is 5.91 Å². The van der Waals surface area contributed by atoms with Gasteiger partial charge in [0.15, 0.2) is 6.61 Å². The monoisotopic (exact) mass is 391 g/mol. The lowest BCUT2D eigenvalue weighted by Crippen LogP contribution is -2.20. The van der Waals surface area contributed by atoms with E-state index in [0.717, 1.165) is 11.1 Å². The Balaban J connectivity index is 1.51. The molecule has 5 heteroatoms. The number of amides is 1. The molecule has 0 saturated heterocycles. The first kappa shape index (κ1) is 20.4. The standard InChI is InChI=1S/C24H25NO4/c1-2-27-16-17-28-23-11-7-6-10-22(23)25-24(26)18-29-21-14-12-20(13-15-21)19-8-4-3-5-9-19/h3-15H,2,16-18H2,1H3,(H,25,26). The molecule has 0 saturated carbocycles. The molecule has 0 aliphatic rings. The summed E-state index contributed by atoms with van der Waals surface area (Å²) in [5, 5.41) is 2.83. The van der Waals surface area contributed by atoms with Gasteiger partial charge in [-0.2, -0.15) is 0 Å². The number of hydrogen-bond acceptors (Lipinski definition) is 4. The summed E-state index contributed by atoms with van der Waals surface area (Å²) in [5.74, 6) is 0.992. The van der Waals surface area contributed by atoms with Crippen LogP contribution in [0.2, 0.25) is 0 Å². The Kier molecular flexibility index (Phi) is 7.66. The van der Waals surface area contributed by atoms with Crippen molar-refractivity contribution in [1.82, 2.24) is 0 Å². The summed E-state index contributed by atoms with van der Waals surface area (Å²) in [6.07, 6.45) is 0. The van der Waals surface area contributed by atoms with Crippen LogP contribution in [0.1, 0.15) is 6.92 Å². The molecule has 150 valence electrons. The molecule has 0 aromatic heterocycles. The summed E-state index contributed by atoms with van der Waals surface area (Å²) in [5.41, 5.74) is 2.84. The van der Waals surface area contributed by atoms with Gasteiger partial charge in [-0.3, -0.25) is 4.79 Å². The van der Waals surface area contributed by atoms with Crippen LogP contribution in [0.25, 0.3) is 11.1 Å². The van der Waals surface area contributed by atoms with E-state index >= 15 is 0 Å². The van der Waals surface area contributed by atoms with E-state index in [2.05, 4.69) is 17.4 Å². The van der Waals surface area contributed by atoms with Gasteiger partial charge in [-0.1, -0.05) is 54.6 Å². The molecule has 0 heterocycles. The zero-order valence-corrected chi connectivity index (χ0v) is 16.5. The molecule has 0 atom stereocenters. The largest absolute Gasteiger partial charge is 0.489 e. The third-order valence-electron chi connectivity index (χ3n) is 4.18. The molecule has 0 aliphatic carbocycles. The van der Waals surface area contributed by atoms with E-state index in [-0.39, 0.29) is 12.5 Å². The molecule has 0 aliphatic heterocycles. The van der Waals surface area contributed by atoms with E-state index in [0.29, 0.717) is 37.0 Å². The topological polar surface area (TPSA) is 56.8 Å². The molecular weight excluding hydrogens is 366 g/mol. The number of nitrogens with one attached hydrogen (secondary N) is 1. The van der Waals surface area contributed by atoms with Crippen molar-refractivity contribution in [1.29, 1.82) is 0 Å². The summed E-state index contributed by atoms with van der Waals surface area (Å²) in [6.45, 7) is 3.42. The van der Waals surface area contributed by atoms with Gasteiger partial charge in [-0.15, -0.1) is 0 Å². The number of para-hydroxylation sites is 2. The van der Waals surface area contributed by atoms with Crippen LogP contribution in [0, 0.1) is 0 Å². The van der Waals surface area contributed by atoms with Crippen molar-refractivity contribution in [3.05, 3.63) is 78.9 Å². The van der Waals surface area contributed by atoms with E-state index in [4.69, 9.17) is 14.2 Å². The number of carbonyl (C=O) groups is 1. The second-order valence-corrected chi connectivity index (χ2v) is 6.27. The second-order valence-electron chi connectivity index (χ2n) is 6.27. The van der Waals surface area contributed by atoms with Crippen LogP contribution in [0.15, 0.2) is 78.9 Å². The predicted molar refractivity (Wildman–Crippen MR) is 114 cm³/mol. The van der Waals surface area contributed by atoms with Crippen molar-refractivity contribution in [3.8, 4) is 22.6 Å². The van der Waals surface area contributed by atoms with Crippen LogP contribution in [0.3, 0.4) is 0 Å². The fraction of sp³-hybridized carbons (Fsp3) is 0.208. The van der Waals surface area contributed by atoms with Crippen molar-refractivity contribution in [2.75, 3.05) is 31.7 Å². The van der Waals surface area contributed by atoms with Gasteiger partial charge in [-0.05, 0) is 42.3 Å². The van der Waals surface area contributed by atoms with Gasteiger partial charge in [0.05, 0.1) is 12.3 Å². The zero-order chi connectivity index (χ0) is 20.3. The second kappa shape index (κ2) is 10.9. The number of hydrogen-bond donors (Lipinski definition) is 1. The Hall–Kier alpha value is -3.31. The molecule has 1 amide bonds. The van der Waals surface area contributed by atoms with E-state index in [1.807, 2.05) is 67.6 Å². The molecule has 0 bridgehead atoms. The van der Waals surface area contributed by atoms with Gasteiger partial charge >= 0.3 is 0 Å². The highest BCUT2D eigenvalue weighted by Gasteiger charge is 2.09. The Bertz CT molecular complexity index is 894. The van der Waals surface area contributed by atoms with Crippen molar-refractivity contribution in [2.45, 2.75) is 6.92 Å². The normalized spacial score (nSPS) is 10.4. The van der Waals surface area contributed by atoms with Crippen LogP contribution in [0.5, 0.6) is 11.5 Å². The summed E-state index contributed by atoms with van der Waals surface area (Å²) < 4.78 is 16.6. The molecule has 3 aromatic carbocycles. The van der Waals surface area contributed by atoms with Crippen molar-refractivity contribution < 1.29 is 19.0 Å². The van der Waals surface area contributed by atoms with Crippen LogP contribution < -0.4 is 14.8 Å². The molecule has 5 nitrogen and oxygen atoms in total. The Labute approximate surface area is 171 Å². The summed E-state index contributed by atoms with van der Waals surface area (Å²) in [4.78, 5) is 12.3. The van der Waals surface area contributed by atoms with Crippen LogP contribution in [-0.2, 0) is 9.53 Å². The predicted octanol–water partition coefficient (Wildman–Crippen LogP) is 4.79. The lowest BCUT2D eigenvalue weighted by molar-refractivity contribution is -0.118. The van der Waals surface area contributed by atoms with Crippen LogP contribution in [-0.4, -0.2) is 32.3 Å². The van der Waals surface area contributed by atoms with E-state index in [9.17, 15) is 4.79 Å².